The van der Waals surface area contributed by atoms with Crippen molar-refractivity contribution in [2.75, 3.05) is 19.9 Å². The molecule has 0 aliphatic heterocycles. The topological polar surface area (TPSA) is 55.4 Å². The molecule has 120 valence electrons. The van der Waals surface area contributed by atoms with Crippen molar-refractivity contribution in [3.63, 3.8) is 0 Å². The predicted molar refractivity (Wildman–Crippen MR) is 90.9 cm³/mol. The molecule has 0 fully saturated rings. The van der Waals surface area contributed by atoms with Gasteiger partial charge in [-0.15, -0.1) is 0 Å². The van der Waals surface area contributed by atoms with Gasteiger partial charge in [0.25, 0.3) is 0 Å². The molecule has 0 aliphatic carbocycles. The lowest BCUT2D eigenvalue weighted by atomic mass is 9.95. The van der Waals surface area contributed by atoms with Gasteiger partial charge in [0.1, 0.15) is 5.75 Å². The average molecular weight is 378 g/mol. The van der Waals surface area contributed by atoms with E-state index >= 15 is 0 Å². The molecule has 1 N–H and O–H groups in total. The van der Waals surface area contributed by atoms with E-state index in [2.05, 4.69) is 21.2 Å². The van der Waals surface area contributed by atoms with Crippen LogP contribution in [-0.4, -0.2) is 33.6 Å². The van der Waals surface area contributed by atoms with Crippen LogP contribution in [-0.2, 0) is 9.84 Å². The molecule has 0 saturated carbocycles. The number of aryl methyl sites for hydroxylation is 1. The first kappa shape index (κ1) is 18.5. The van der Waals surface area contributed by atoms with Crippen LogP contribution in [0.3, 0.4) is 0 Å². The number of nitrogens with one attached hydrogen (secondary N) is 1. The number of ether oxygens (including phenoxy) is 1. The van der Waals surface area contributed by atoms with Gasteiger partial charge >= 0.3 is 0 Å². The normalized spacial score (nSPS) is 14.8. The van der Waals surface area contributed by atoms with Gasteiger partial charge < -0.3 is 10.1 Å². The number of halogens is 1. The molecule has 1 rings (SSSR count). The molecule has 0 bridgehead atoms. The van der Waals surface area contributed by atoms with E-state index in [1.165, 1.54) is 6.26 Å². The van der Waals surface area contributed by atoms with Crippen LogP contribution in [0.1, 0.15) is 36.6 Å². The van der Waals surface area contributed by atoms with Crippen LogP contribution < -0.4 is 10.1 Å². The van der Waals surface area contributed by atoms with Crippen molar-refractivity contribution in [3.8, 4) is 5.75 Å². The summed E-state index contributed by atoms with van der Waals surface area (Å²) in [5.74, 6) is 0.747. The molecule has 0 heterocycles. The van der Waals surface area contributed by atoms with Crippen molar-refractivity contribution in [1.29, 1.82) is 0 Å². The predicted octanol–water partition coefficient (Wildman–Crippen LogP) is 3.16. The maximum absolute atomic E-state index is 12.0. The molecule has 0 spiro atoms. The van der Waals surface area contributed by atoms with E-state index < -0.39 is 15.1 Å². The van der Waals surface area contributed by atoms with E-state index in [0.717, 1.165) is 26.9 Å². The van der Waals surface area contributed by atoms with Crippen molar-refractivity contribution in [2.45, 2.75) is 39.0 Å². The van der Waals surface area contributed by atoms with Crippen LogP contribution in [0.2, 0.25) is 0 Å². The monoisotopic (exact) mass is 377 g/mol. The lowest BCUT2D eigenvalue weighted by molar-refractivity contribution is 0.393. The highest BCUT2D eigenvalue weighted by molar-refractivity contribution is 9.10. The third-order valence-electron chi connectivity index (χ3n) is 3.79. The Kier molecular flexibility index (Phi) is 6.25. The number of hydrogen-bond acceptors (Lipinski definition) is 4. The number of methoxy groups -OCH3 is 1. The number of hydrogen-bond donors (Lipinski definition) is 1. The molecule has 0 amide bonds. The first-order valence-corrected chi connectivity index (χ1v) is 9.65. The van der Waals surface area contributed by atoms with Crippen molar-refractivity contribution in [2.24, 2.45) is 0 Å². The summed E-state index contributed by atoms with van der Waals surface area (Å²) in [7, 11) is -1.55. The van der Waals surface area contributed by atoms with Gasteiger partial charge in [0.05, 0.1) is 18.4 Å². The van der Waals surface area contributed by atoms with Crippen LogP contribution >= 0.6 is 15.9 Å². The Bertz CT molecular complexity index is 614. The number of rotatable bonds is 6. The fourth-order valence-corrected chi connectivity index (χ4v) is 3.77. The SMILES string of the molecule is CCNC(c1c(C)c(Br)cc(C)c1OC)C(C)S(C)(=O)=O. The fraction of sp³-hybridized carbons (Fsp3) is 0.600. The van der Waals surface area contributed by atoms with Gasteiger partial charge in [-0.1, -0.05) is 22.9 Å². The molecule has 0 aromatic heterocycles. The molecule has 6 heteroatoms. The highest BCUT2D eigenvalue weighted by Gasteiger charge is 2.31. The van der Waals surface area contributed by atoms with Crippen LogP contribution in [0.15, 0.2) is 10.5 Å². The van der Waals surface area contributed by atoms with Crippen molar-refractivity contribution in [1.82, 2.24) is 5.32 Å². The van der Waals surface area contributed by atoms with E-state index in [1.807, 2.05) is 26.8 Å². The van der Waals surface area contributed by atoms with Gasteiger partial charge in [-0.2, -0.15) is 0 Å². The zero-order chi connectivity index (χ0) is 16.4. The summed E-state index contributed by atoms with van der Waals surface area (Å²) in [5.41, 5.74) is 2.89. The second kappa shape index (κ2) is 7.11. The summed E-state index contributed by atoms with van der Waals surface area (Å²) >= 11 is 3.55. The van der Waals surface area contributed by atoms with Gasteiger partial charge in [0.2, 0.25) is 0 Å². The number of sulfone groups is 1. The largest absolute Gasteiger partial charge is 0.496 e. The minimum Gasteiger partial charge on any atom is -0.496 e. The Labute approximate surface area is 136 Å². The molecular weight excluding hydrogens is 354 g/mol. The van der Waals surface area contributed by atoms with E-state index in [9.17, 15) is 8.42 Å². The second-order valence-corrected chi connectivity index (χ2v) is 8.57. The molecule has 4 nitrogen and oxygen atoms in total. The molecule has 2 atom stereocenters. The molecule has 21 heavy (non-hydrogen) atoms. The van der Waals surface area contributed by atoms with E-state index in [0.29, 0.717) is 6.54 Å². The summed E-state index contributed by atoms with van der Waals surface area (Å²) in [4.78, 5) is 0. The zero-order valence-corrected chi connectivity index (χ0v) is 15.9. The smallest absolute Gasteiger partial charge is 0.151 e. The van der Waals surface area contributed by atoms with Gasteiger partial charge in [-0.25, -0.2) is 8.42 Å². The molecule has 0 saturated heterocycles. The molecule has 1 aromatic rings. The summed E-state index contributed by atoms with van der Waals surface area (Å²) in [6, 6.07) is 1.68. The Morgan fingerprint density at radius 2 is 1.95 bits per heavy atom. The fourth-order valence-electron chi connectivity index (χ4n) is 2.49. The first-order valence-electron chi connectivity index (χ1n) is 6.90. The Balaban J connectivity index is 3.58. The van der Waals surface area contributed by atoms with Crippen molar-refractivity contribution >= 4 is 25.8 Å². The zero-order valence-electron chi connectivity index (χ0n) is 13.5. The van der Waals surface area contributed by atoms with Crippen LogP contribution in [0, 0.1) is 13.8 Å². The quantitative estimate of drug-likeness (QED) is 0.826. The summed E-state index contributed by atoms with van der Waals surface area (Å²) in [6.45, 7) is 8.31. The molecule has 2 unspecified atom stereocenters. The molecule has 0 aliphatic rings. The first-order chi connectivity index (χ1) is 9.65. The van der Waals surface area contributed by atoms with E-state index in [4.69, 9.17) is 4.74 Å². The van der Waals surface area contributed by atoms with Gasteiger partial charge in [-0.3, -0.25) is 0 Å². The number of benzene rings is 1. The van der Waals surface area contributed by atoms with Crippen LogP contribution in [0.25, 0.3) is 0 Å². The highest BCUT2D eigenvalue weighted by atomic mass is 79.9. The van der Waals surface area contributed by atoms with Crippen LogP contribution in [0.4, 0.5) is 0 Å². The minimum atomic E-state index is -3.17. The van der Waals surface area contributed by atoms with Gasteiger partial charge in [0.15, 0.2) is 9.84 Å². The molecule has 0 radical (unpaired) electrons. The maximum atomic E-state index is 12.0. The Morgan fingerprint density at radius 1 is 1.38 bits per heavy atom. The summed E-state index contributed by atoms with van der Waals surface area (Å²) in [5, 5.41) is 2.75. The van der Waals surface area contributed by atoms with Crippen molar-refractivity contribution in [3.05, 3.63) is 27.2 Å². The lowest BCUT2D eigenvalue weighted by Gasteiger charge is -2.28. The maximum Gasteiger partial charge on any atom is 0.151 e. The second-order valence-electron chi connectivity index (χ2n) is 5.32. The Hall–Kier alpha value is -0.590. The van der Waals surface area contributed by atoms with Crippen LogP contribution in [0.5, 0.6) is 5.75 Å². The van der Waals surface area contributed by atoms with Crippen molar-refractivity contribution < 1.29 is 13.2 Å². The molecule has 1 aromatic carbocycles. The van der Waals surface area contributed by atoms with Gasteiger partial charge in [0, 0.05) is 16.3 Å². The summed E-state index contributed by atoms with van der Waals surface area (Å²) in [6.07, 6.45) is 1.27. The minimum absolute atomic E-state index is 0.309. The summed E-state index contributed by atoms with van der Waals surface area (Å²) < 4.78 is 30.5. The average Bonchev–Trinajstić information content (AvgIpc) is 2.38. The Morgan fingerprint density at radius 3 is 2.38 bits per heavy atom. The van der Waals surface area contributed by atoms with E-state index in [1.54, 1.807) is 14.0 Å². The van der Waals surface area contributed by atoms with E-state index in [-0.39, 0.29) is 6.04 Å². The highest BCUT2D eigenvalue weighted by Crippen LogP contribution is 2.38. The lowest BCUT2D eigenvalue weighted by Crippen LogP contribution is -2.35. The third-order valence-corrected chi connectivity index (χ3v) is 6.24. The molecular formula is C15H24BrNO3S. The standard InChI is InChI=1S/C15H24BrNO3S/c1-7-17-14(11(4)21(6,18)19)13-10(3)12(16)8-9(2)15(13)20-5/h8,11,14,17H,7H2,1-6H3. The van der Waals surface area contributed by atoms with Gasteiger partial charge in [-0.05, 0) is 44.5 Å². The third kappa shape index (κ3) is 3.99.